The van der Waals surface area contributed by atoms with E-state index in [9.17, 15) is 13.2 Å². The summed E-state index contributed by atoms with van der Waals surface area (Å²) in [6.07, 6.45) is -2.18. The smallest absolute Gasteiger partial charge is 0.416 e. The first-order valence-corrected chi connectivity index (χ1v) is 6.55. The first kappa shape index (κ1) is 12.8. The number of benzene rings is 1. The molecule has 0 aromatic heterocycles. The van der Waals surface area contributed by atoms with Crippen molar-refractivity contribution < 1.29 is 17.9 Å². The fraction of sp³-hybridized carbons (Fsp3) is 0.571. The minimum atomic E-state index is -4.32. The summed E-state index contributed by atoms with van der Waals surface area (Å²) in [4.78, 5) is 0. The molecular formula is C14H16F3NO. The van der Waals surface area contributed by atoms with Gasteiger partial charge < -0.3 is 10.1 Å². The van der Waals surface area contributed by atoms with Gasteiger partial charge in [0, 0.05) is 23.6 Å². The number of alkyl halides is 3. The highest BCUT2D eigenvalue weighted by molar-refractivity contribution is 5.42. The maximum absolute atomic E-state index is 12.7. The van der Waals surface area contributed by atoms with Crippen molar-refractivity contribution >= 4 is 0 Å². The molecule has 1 saturated heterocycles. The van der Waals surface area contributed by atoms with Crippen LogP contribution in [0.3, 0.4) is 0 Å². The average Bonchev–Trinajstić information content (AvgIpc) is 2.36. The molecule has 1 aromatic rings. The Morgan fingerprint density at radius 1 is 1.26 bits per heavy atom. The largest absolute Gasteiger partial charge is 0.493 e. The van der Waals surface area contributed by atoms with Gasteiger partial charge in [-0.1, -0.05) is 6.07 Å². The van der Waals surface area contributed by atoms with Crippen molar-refractivity contribution in [2.45, 2.75) is 38.0 Å². The Hall–Kier alpha value is -1.23. The van der Waals surface area contributed by atoms with E-state index in [1.165, 1.54) is 0 Å². The number of hydrogen-bond donors (Lipinski definition) is 1. The number of rotatable bonds is 0. The van der Waals surface area contributed by atoms with Crippen LogP contribution < -0.4 is 10.1 Å². The van der Waals surface area contributed by atoms with Crippen molar-refractivity contribution in [3.63, 3.8) is 0 Å². The molecule has 2 aliphatic heterocycles. The zero-order chi connectivity index (χ0) is 13.6. The van der Waals surface area contributed by atoms with Crippen LogP contribution in [0.1, 0.15) is 36.9 Å². The third-order valence-electron chi connectivity index (χ3n) is 4.03. The van der Waals surface area contributed by atoms with Crippen molar-refractivity contribution in [1.29, 1.82) is 0 Å². The molecule has 1 aromatic carbocycles. The molecule has 2 aliphatic rings. The number of fused-ring (bicyclic) bond motifs is 3. The van der Waals surface area contributed by atoms with Gasteiger partial charge in [0.05, 0.1) is 12.2 Å². The first-order chi connectivity index (χ1) is 8.95. The summed E-state index contributed by atoms with van der Waals surface area (Å²) in [7, 11) is 0. The highest BCUT2D eigenvalue weighted by atomic mass is 19.4. The Morgan fingerprint density at radius 3 is 2.79 bits per heavy atom. The van der Waals surface area contributed by atoms with Gasteiger partial charge in [0.25, 0.3) is 0 Å². The van der Waals surface area contributed by atoms with Gasteiger partial charge in [-0.25, -0.2) is 0 Å². The number of halogens is 3. The normalized spacial score (nSPS) is 30.2. The van der Waals surface area contributed by atoms with Crippen LogP contribution in [0.5, 0.6) is 5.75 Å². The monoisotopic (exact) mass is 271 g/mol. The molecule has 0 bridgehead atoms. The molecule has 5 heteroatoms. The van der Waals surface area contributed by atoms with Crippen molar-refractivity contribution in [2.24, 2.45) is 5.92 Å². The van der Waals surface area contributed by atoms with Crippen LogP contribution in [0.15, 0.2) is 18.2 Å². The lowest BCUT2D eigenvalue weighted by molar-refractivity contribution is -0.137. The van der Waals surface area contributed by atoms with Crippen molar-refractivity contribution in [2.75, 3.05) is 6.61 Å². The summed E-state index contributed by atoms with van der Waals surface area (Å²) >= 11 is 0. The second-order valence-corrected chi connectivity index (χ2v) is 5.44. The number of hydrogen-bond acceptors (Lipinski definition) is 2. The molecule has 104 valence electrons. The molecule has 1 fully saturated rings. The van der Waals surface area contributed by atoms with E-state index in [1.807, 2.05) is 0 Å². The highest BCUT2D eigenvalue weighted by Crippen LogP contribution is 2.42. The quantitative estimate of drug-likeness (QED) is 0.779. The molecule has 2 heterocycles. The molecule has 2 nitrogen and oxygen atoms in total. The van der Waals surface area contributed by atoms with Crippen LogP contribution in [-0.4, -0.2) is 12.6 Å². The van der Waals surface area contributed by atoms with E-state index in [-0.39, 0.29) is 6.04 Å². The van der Waals surface area contributed by atoms with Gasteiger partial charge in [0.15, 0.2) is 0 Å². The molecule has 0 radical (unpaired) electrons. The molecule has 1 N–H and O–H groups in total. The number of nitrogens with one attached hydrogen (secondary N) is 1. The average molecular weight is 271 g/mol. The highest BCUT2D eigenvalue weighted by Gasteiger charge is 2.37. The third-order valence-corrected chi connectivity index (χ3v) is 4.03. The van der Waals surface area contributed by atoms with Gasteiger partial charge in [-0.05, 0) is 31.9 Å². The van der Waals surface area contributed by atoms with Gasteiger partial charge in [0.1, 0.15) is 5.75 Å². The van der Waals surface area contributed by atoms with Crippen LogP contribution in [0, 0.1) is 5.92 Å². The molecule has 3 unspecified atom stereocenters. The lowest BCUT2D eigenvalue weighted by atomic mass is 9.82. The van der Waals surface area contributed by atoms with E-state index in [1.54, 1.807) is 6.07 Å². The fourth-order valence-corrected chi connectivity index (χ4v) is 2.97. The molecule has 0 amide bonds. The predicted octanol–water partition coefficient (Wildman–Crippen LogP) is 3.53. The second-order valence-electron chi connectivity index (χ2n) is 5.44. The number of piperidine rings is 1. The van der Waals surface area contributed by atoms with Crippen LogP contribution in [0.2, 0.25) is 0 Å². The van der Waals surface area contributed by atoms with Crippen molar-refractivity contribution in [3.05, 3.63) is 29.3 Å². The van der Waals surface area contributed by atoms with Crippen molar-refractivity contribution in [3.8, 4) is 5.75 Å². The molecule has 0 spiro atoms. The predicted molar refractivity (Wildman–Crippen MR) is 65.0 cm³/mol. The summed E-state index contributed by atoms with van der Waals surface area (Å²) in [5.74, 6) is 0.734. The van der Waals surface area contributed by atoms with E-state index < -0.39 is 11.7 Å². The minimum absolute atomic E-state index is 0.120. The first-order valence-electron chi connectivity index (χ1n) is 6.55. The molecule has 19 heavy (non-hydrogen) atoms. The molecule has 3 atom stereocenters. The zero-order valence-electron chi connectivity index (χ0n) is 10.6. The van der Waals surface area contributed by atoms with E-state index in [4.69, 9.17) is 4.74 Å². The SMILES string of the molecule is CC1CCC2COc3cc(C(F)(F)F)ccc3C2N1. The molecular weight excluding hydrogens is 255 g/mol. The van der Waals surface area contributed by atoms with E-state index >= 15 is 0 Å². The Labute approximate surface area is 109 Å². The topological polar surface area (TPSA) is 21.3 Å². The summed E-state index contributed by atoms with van der Waals surface area (Å²) in [6.45, 7) is 2.61. The van der Waals surface area contributed by atoms with Crippen LogP contribution in [0.4, 0.5) is 13.2 Å². The minimum Gasteiger partial charge on any atom is -0.493 e. The molecule has 0 aliphatic carbocycles. The van der Waals surface area contributed by atoms with Gasteiger partial charge in [0.2, 0.25) is 0 Å². The summed E-state index contributed by atoms with van der Waals surface area (Å²) < 4.78 is 43.6. The van der Waals surface area contributed by atoms with Gasteiger partial charge >= 0.3 is 6.18 Å². The summed E-state index contributed by atoms with van der Waals surface area (Å²) in [5, 5.41) is 3.47. The lowest BCUT2D eigenvalue weighted by Gasteiger charge is -2.40. The molecule has 3 rings (SSSR count). The van der Waals surface area contributed by atoms with E-state index in [0.717, 1.165) is 30.5 Å². The Morgan fingerprint density at radius 2 is 2.05 bits per heavy atom. The third kappa shape index (κ3) is 2.31. The number of ether oxygens (including phenoxy) is 1. The Kier molecular flexibility index (Phi) is 2.96. The van der Waals surface area contributed by atoms with Crippen LogP contribution >= 0.6 is 0 Å². The summed E-state index contributed by atoms with van der Waals surface area (Å²) in [5.41, 5.74) is 0.212. The van der Waals surface area contributed by atoms with Crippen LogP contribution in [-0.2, 0) is 6.18 Å². The fourth-order valence-electron chi connectivity index (χ4n) is 2.97. The maximum Gasteiger partial charge on any atom is 0.416 e. The van der Waals surface area contributed by atoms with Gasteiger partial charge in [-0.3, -0.25) is 0 Å². The van der Waals surface area contributed by atoms with E-state index in [0.29, 0.717) is 24.3 Å². The Bertz CT molecular complexity index is 486. The van der Waals surface area contributed by atoms with Gasteiger partial charge in [-0.15, -0.1) is 0 Å². The van der Waals surface area contributed by atoms with Gasteiger partial charge in [-0.2, -0.15) is 13.2 Å². The second kappa shape index (κ2) is 4.40. The maximum atomic E-state index is 12.7. The lowest BCUT2D eigenvalue weighted by Crippen LogP contribution is -2.44. The zero-order valence-corrected chi connectivity index (χ0v) is 10.6. The van der Waals surface area contributed by atoms with Crippen LogP contribution in [0.25, 0.3) is 0 Å². The van der Waals surface area contributed by atoms with E-state index in [2.05, 4.69) is 12.2 Å². The van der Waals surface area contributed by atoms with Crippen molar-refractivity contribution in [1.82, 2.24) is 5.32 Å². The summed E-state index contributed by atoms with van der Waals surface area (Å²) in [6, 6.07) is 4.34. The standard InChI is InChI=1S/C14H16F3NO/c1-8-2-3-9-7-19-12-6-10(14(15,16)17)4-5-11(12)13(9)18-8/h4-6,8-9,13,18H,2-3,7H2,1H3. The molecule has 0 saturated carbocycles. The Balaban J connectivity index is 1.95.